The number of para-hydroxylation sites is 2. The molecule has 0 saturated heterocycles. The molecule has 0 unspecified atom stereocenters. The quantitative estimate of drug-likeness (QED) is 0.668. The van der Waals surface area contributed by atoms with Gasteiger partial charge in [0.1, 0.15) is 0 Å². The van der Waals surface area contributed by atoms with Crippen LogP contribution in [0.25, 0.3) is 11.0 Å². The average molecular weight is 459 g/mol. The Morgan fingerprint density at radius 1 is 0.933 bits per heavy atom. The zero-order valence-electron chi connectivity index (χ0n) is 14.2. The number of hydrogen-bond acceptors (Lipinski definition) is 3. The normalized spacial score (nSPS) is 15.9. The van der Waals surface area contributed by atoms with Crippen molar-refractivity contribution in [1.82, 2.24) is 9.55 Å². The highest BCUT2D eigenvalue weighted by Crippen LogP contribution is 2.51. The number of aromatic nitrogens is 2. The van der Waals surface area contributed by atoms with Crippen molar-refractivity contribution >= 4 is 22.9 Å². The van der Waals surface area contributed by atoms with Gasteiger partial charge in [0.05, 0.1) is 11.0 Å². The van der Waals surface area contributed by atoms with Gasteiger partial charge in [-0.3, -0.25) is 14.8 Å². The van der Waals surface area contributed by atoms with E-state index >= 15 is 0 Å². The molecule has 1 heterocycles. The Bertz CT molecular complexity index is 951. The third-order valence-corrected chi connectivity index (χ3v) is 3.66. The Hall–Kier alpha value is -2.65. The maximum absolute atomic E-state index is 14.2. The number of nitrogens with one attached hydrogen (secondary N) is 1. The van der Waals surface area contributed by atoms with Crippen LogP contribution in [0.1, 0.15) is 0 Å². The fourth-order valence-corrected chi connectivity index (χ4v) is 2.08. The van der Waals surface area contributed by atoms with E-state index in [4.69, 9.17) is 0 Å². The summed E-state index contributed by atoms with van der Waals surface area (Å²) in [7, 11) is 1.09. The number of hydrogen-bond donors (Lipinski definition) is 1. The number of alkyl halides is 11. The van der Waals surface area contributed by atoms with Gasteiger partial charge in [0, 0.05) is 7.05 Å². The van der Waals surface area contributed by atoms with Gasteiger partial charge in [-0.1, -0.05) is 12.1 Å². The highest BCUT2D eigenvalue weighted by molar-refractivity contribution is 5.97. The highest BCUT2D eigenvalue weighted by atomic mass is 19.4. The summed E-state index contributed by atoms with van der Waals surface area (Å²) in [4.78, 5) is 15.3. The number of halogens is 11. The summed E-state index contributed by atoms with van der Waals surface area (Å²) in [5.41, 5.74) is 0.181. The molecule has 0 fully saturated rings. The highest BCUT2D eigenvalue weighted by Gasteiger charge is 2.79. The minimum absolute atomic E-state index is 0.0293. The zero-order chi connectivity index (χ0) is 23.3. The van der Waals surface area contributed by atoms with Gasteiger partial charge in [-0.15, -0.1) is 0 Å². The van der Waals surface area contributed by atoms with Crippen LogP contribution in [0.5, 0.6) is 0 Å². The van der Waals surface area contributed by atoms with Gasteiger partial charge in [-0.2, -0.15) is 48.3 Å². The summed E-state index contributed by atoms with van der Waals surface area (Å²) in [5.74, 6) is -17.6. The van der Waals surface area contributed by atoms with Crippen molar-refractivity contribution in [2.75, 3.05) is 5.32 Å². The molecule has 0 aliphatic rings. The average Bonchev–Trinajstić information content (AvgIpc) is 2.88. The molecule has 0 spiro atoms. The number of imidazole rings is 1. The SMILES string of the molecule is Cn1c(NC(=O)[C@@](F)(OC(F)(F)C(F)(F)C(F)(F)F)C(F)(F)F)nc2ccccc21. The Labute approximate surface area is 158 Å². The molecule has 0 aliphatic heterocycles. The van der Waals surface area contributed by atoms with Gasteiger partial charge in [0.2, 0.25) is 5.95 Å². The van der Waals surface area contributed by atoms with E-state index in [1.165, 1.54) is 24.3 Å². The summed E-state index contributed by atoms with van der Waals surface area (Å²) >= 11 is 0. The monoisotopic (exact) mass is 459 g/mol. The lowest BCUT2D eigenvalue weighted by Crippen LogP contribution is -2.62. The van der Waals surface area contributed by atoms with Gasteiger partial charge in [-0.05, 0) is 12.1 Å². The van der Waals surface area contributed by atoms with Gasteiger partial charge < -0.3 is 4.57 Å². The maximum atomic E-state index is 14.2. The number of rotatable bonds is 5. The van der Waals surface area contributed by atoms with E-state index in [2.05, 4.69) is 9.72 Å². The van der Waals surface area contributed by atoms with Crippen LogP contribution in [0.4, 0.5) is 54.2 Å². The number of fused-ring (bicyclic) bond motifs is 1. The maximum Gasteiger partial charge on any atom is 0.462 e. The number of aryl methyl sites for hydroxylation is 1. The summed E-state index contributed by atoms with van der Waals surface area (Å²) in [6, 6.07) is 5.44. The fourth-order valence-electron chi connectivity index (χ4n) is 2.08. The molecule has 16 heteroatoms. The summed E-state index contributed by atoms with van der Waals surface area (Å²) in [6.07, 6.45) is -21.0. The number of amides is 1. The zero-order valence-corrected chi connectivity index (χ0v) is 14.2. The van der Waals surface area contributed by atoms with Crippen molar-refractivity contribution in [3.63, 3.8) is 0 Å². The Morgan fingerprint density at radius 3 is 1.93 bits per heavy atom. The number of benzene rings is 1. The van der Waals surface area contributed by atoms with Crippen LogP contribution in [-0.2, 0) is 16.6 Å². The molecule has 0 bridgehead atoms. The van der Waals surface area contributed by atoms with Crippen molar-refractivity contribution in [1.29, 1.82) is 0 Å². The molecule has 2 aromatic rings. The third kappa shape index (κ3) is 3.75. The van der Waals surface area contributed by atoms with Crippen molar-refractivity contribution in [2.45, 2.75) is 30.2 Å². The van der Waals surface area contributed by atoms with Gasteiger partial charge in [-0.25, -0.2) is 4.98 Å². The van der Waals surface area contributed by atoms with Crippen molar-refractivity contribution < 1.29 is 57.8 Å². The van der Waals surface area contributed by atoms with E-state index in [1.807, 2.05) is 0 Å². The lowest BCUT2D eigenvalue weighted by molar-refractivity contribution is -0.472. The molecule has 2 rings (SSSR count). The van der Waals surface area contributed by atoms with E-state index < -0.39 is 42.1 Å². The lowest BCUT2D eigenvalue weighted by Gasteiger charge is -2.33. The molecule has 5 nitrogen and oxygen atoms in total. The molecule has 1 aromatic heterocycles. The predicted octanol–water partition coefficient (Wildman–Crippen LogP) is 4.55. The van der Waals surface area contributed by atoms with Crippen LogP contribution in [0.15, 0.2) is 24.3 Å². The molecular weight excluding hydrogens is 451 g/mol. The molecule has 168 valence electrons. The molecule has 30 heavy (non-hydrogen) atoms. The van der Waals surface area contributed by atoms with Crippen LogP contribution in [-0.4, -0.2) is 45.7 Å². The van der Waals surface area contributed by atoms with E-state index in [1.54, 1.807) is 0 Å². The molecule has 1 amide bonds. The minimum atomic E-state index is -7.26. The molecule has 0 radical (unpaired) electrons. The molecule has 1 atom stereocenters. The first kappa shape index (κ1) is 23.6. The van der Waals surface area contributed by atoms with Crippen LogP contribution in [0.3, 0.4) is 0 Å². The number of carbonyl (C=O) groups excluding carboxylic acids is 1. The Morgan fingerprint density at radius 2 is 1.47 bits per heavy atom. The van der Waals surface area contributed by atoms with Crippen LogP contribution in [0, 0.1) is 0 Å². The van der Waals surface area contributed by atoms with E-state index in [0.29, 0.717) is 0 Å². The molecule has 1 N–H and O–H groups in total. The van der Waals surface area contributed by atoms with E-state index in [0.717, 1.165) is 16.9 Å². The predicted molar refractivity (Wildman–Crippen MR) is 76.3 cm³/mol. The molecule has 0 saturated carbocycles. The smallest absolute Gasteiger partial charge is 0.313 e. The second kappa shape index (κ2) is 6.95. The van der Waals surface area contributed by atoms with Crippen molar-refractivity contribution in [3.8, 4) is 0 Å². The van der Waals surface area contributed by atoms with E-state index in [-0.39, 0.29) is 11.0 Å². The van der Waals surface area contributed by atoms with Crippen LogP contribution < -0.4 is 5.32 Å². The number of ether oxygens (including phenoxy) is 1. The van der Waals surface area contributed by atoms with Gasteiger partial charge in [0.25, 0.3) is 0 Å². The number of nitrogens with zero attached hydrogens (tertiary/aromatic N) is 2. The summed E-state index contributed by atoms with van der Waals surface area (Å²) in [6.45, 7) is 0. The van der Waals surface area contributed by atoms with Gasteiger partial charge in [0.15, 0.2) is 0 Å². The topological polar surface area (TPSA) is 56.2 Å². The third-order valence-electron chi connectivity index (χ3n) is 3.66. The summed E-state index contributed by atoms with van der Waals surface area (Å²) < 4.78 is 144. The minimum Gasteiger partial charge on any atom is -0.313 e. The largest absolute Gasteiger partial charge is 0.462 e. The molecule has 1 aromatic carbocycles. The van der Waals surface area contributed by atoms with Crippen molar-refractivity contribution in [3.05, 3.63) is 24.3 Å². The first-order valence-corrected chi connectivity index (χ1v) is 7.36. The Kier molecular flexibility index (Phi) is 5.48. The van der Waals surface area contributed by atoms with Crippen LogP contribution >= 0.6 is 0 Å². The first-order valence-electron chi connectivity index (χ1n) is 7.36. The first-order chi connectivity index (χ1) is 13.3. The molecule has 0 aliphatic carbocycles. The number of anilines is 1. The van der Waals surface area contributed by atoms with E-state index in [9.17, 15) is 53.1 Å². The molecular formula is C14H8F11N3O2. The number of carbonyl (C=O) groups is 1. The summed E-state index contributed by atoms with van der Waals surface area (Å²) in [5, 5.41) is 1.09. The standard InChI is InChI=1S/C14H8F11N3O2/c1-28-7-5-3-2-4-6(7)26-9(28)27-8(29)10(15,12(18,19)20)30-14(24,25)11(16,17)13(21,22)23/h2-5H,1H3,(H,26,27,29)/t10-/m1/s1. The van der Waals surface area contributed by atoms with Gasteiger partial charge >= 0.3 is 36.1 Å². The van der Waals surface area contributed by atoms with Crippen molar-refractivity contribution in [2.24, 2.45) is 7.05 Å². The van der Waals surface area contributed by atoms with Crippen LogP contribution in [0.2, 0.25) is 0 Å². The fraction of sp³-hybridized carbons (Fsp3) is 0.429. The second-order valence-electron chi connectivity index (χ2n) is 5.72. The lowest BCUT2D eigenvalue weighted by atomic mass is 10.2. The second-order valence-corrected chi connectivity index (χ2v) is 5.72. The Balaban J connectivity index is 2.45.